The Morgan fingerprint density at radius 1 is 1.32 bits per heavy atom. The molecule has 6 heteroatoms. The van der Waals surface area contributed by atoms with Crippen LogP contribution in [0.15, 0.2) is 0 Å². The average molecular weight is 272 g/mol. The number of rotatable bonds is 8. The van der Waals surface area contributed by atoms with E-state index in [4.69, 9.17) is 9.47 Å². The molecule has 1 fully saturated rings. The molecule has 0 spiro atoms. The van der Waals surface area contributed by atoms with Gasteiger partial charge < -0.3 is 19.7 Å². The van der Waals surface area contributed by atoms with Crippen LogP contribution in [0.25, 0.3) is 0 Å². The van der Waals surface area contributed by atoms with E-state index >= 15 is 0 Å². The van der Waals surface area contributed by atoms with Crippen molar-refractivity contribution in [3.05, 3.63) is 0 Å². The van der Waals surface area contributed by atoms with Gasteiger partial charge in [0.1, 0.15) is 6.04 Å². The second kappa shape index (κ2) is 8.87. The number of nitrogens with one attached hydrogen (secondary N) is 1. The highest BCUT2D eigenvalue weighted by atomic mass is 16.5. The molecule has 0 radical (unpaired) electrons. The standard InChI is InChI=1S/C13H24N2O4/c1-3-11-13(17)15(6-5-12(16)14-11)7-10-19-9-4-8-18-2/h11H,3-10H2,1-2H3,(H,14,16). The van der Waals surface area contributed by atoms with Gasteiger partial charge in [-0.25, -0.2) is 0 Å². The van der Waals surface area contributed by atoms with Crippen LogP contribution in [0.3, 0.4) is 0 Å². The third kappa shape index (κ3) is 5.57. The summed E-state index contributed by atoms with van der Waals surface area (Å²) in [5.41, 5.74) is 0. The maximum Gasteiger partial charge on any atom is 0.245 e. The third-order valence-corrected chi connectivity index (χ3v) is 3.10. The van der Waals surface area contributed by atoms with E-state index in [9.17, 15) is 9.59 Å². The van der Waals surface area contributed by atoms with E-state index in [0.29, 0.717) is 45.8 Å². The lowest BCUT2D eigenvalue weighted by Gasteiger charge is -2.23. The summed E-state index contributed by atoms with van der Waals surface area (Å²) in [5, 5.41) is 2.74. The van der Waals surface area contributed by atoms with Gasteiger partial charge in [-0.2, -0.15) is 0 Å². The molecular formula is C13H24N2O4. The predicted molar refractivity (Wildman–Crippen MR) is 70.7 cm³/mol. The first-order valence-electron chi connectivity index (χ1n) is 6.83. The van der Waals surface area contributed by atoms with Crippen LogP contribution in [0.1, 0.15) is 26.2 Å². The molecule has 1 N–H and O–H groups in total. The van der Waals surface area contributed by atoms with Crippen molar-refractivity contribution in [2.45, 2.75) is 32.2 Å². The zero-order valence-electron chi connectivity index (χ0n) is 11.8. The largest absolute Gasteiger partial charge is 0.385 e. The van der Waals surface area contributed by atoms with Crippen LogP contribution >= 0.6 is 0 Å². The van der Waals surface area contributed by atoms with Crippen LogP contribution < -0.4 is 5.32 Å². The number of amides is 2. The molecule has 1 aliphatic rings. The second-order valence-corrected chi connectivity index (χ2v) is 4.56. The van der Waals surface area contributed by atoms with Gasteiger partial charge in [0, 0.05) is 39.8 Å². The van der Waals surface area contributed by atoms with E-state index in [1.165, 1.54) is 0 Å². The first kappa shape index (κ1) is 15.9. The SMILES string of the molecule is CCC1NC(=O)CCN(CCOCCCOC)C1=O. The van der Waals surface area contributed by atoms with Gasteiger partial charge in [-0.05, 0) is 12.8 Å². The summed E-state index contributed by atoms with van der Waals surface area (Å²) in [7, 11) is 1.66. The van der Waals surface area contributed by atoms with E-state index in [1.54, 1.807) is 12.0 Å². The van der Waals surface area contributed by atoms with Crippen molar-refractivity contribution >= 4 is 11.8 Å². The van der Waals surface area contributed by atoms with Crippen LogP contribution in [-0.2, 0) is 19.1 Å². The number of carbonyl (C=O) groups excluding carboxylic acids is 2. The molecule has 110 valence electrons. The lowest BCUT2D eigenvalue weighted by Crippen LogP contribution is -2.45. The quantitative estimate of drug-likeness (QED) is 0.639. The van der Waals surface area contributed by atoms with Crippen LogP contribution in [0.4, 0.5) is 0 Å². The van der Waals surface area contributed by atoms with E-state index in [1.807, 2.05) is 6.92 Å². The smallest absolute Gasteiger partial charge is 0.245 e. The van der Waals surface area contributed by atoms with Gasteiger partial charge >= 0.3 is 0 Å². The fourth-order valence-corrected chi connectivity index (χ4v) is 1.98. The highest BCUT2D eigenvalue weighted by molar-refractivity contribution is 5.89. The minimum Gasteiger partial charge on any atom is -0.385 e. The maximum absolute atomic E-state index is 12.1. The number of ether oxygens (including phenoxy) is 2. The zero-order valence-corrected chi connectivity index (χ0v) is 11.8. The van der Waals surface area contributed by atoms with E-state index < -0.39 is 0 Å². The van der Waals surface area contributed by atoms with Crippen molar-refractivity contribution in [2.24, 2.45) is 0 Å². The van der Waals surface area contributed by atoms with Crippen molar-refractivity contribution in [1.29, 1.82) is 0 Å². The fourth-order valence-electron chi connectivity index (χ4n) is 1.98. The summed E-state index contributed by atoms with van der Waals surface area (Å²) < 4.78 is 10.4. The molecule has 0 aromatic rings. The Morgan fingerprint density at radius 2 is 2.11 bits per heavy atom. The Bertz CT molecular complexity index is 296. The average Bonchev–Trinajstić information content (AvgIpc) is 2.54. The Labute approximate surface area is 114 Å². The van der Waals surface area contributed by atoms with Crippen molar-refractivity contribution in [3.63, 3.8) is 0 Å². The van der Waals surface area contributed by atoms with Crippen molar-refractivity contribution in [2.75, 3.05) is 40.0 Å². The minimum atomic E-state index is -0.386. The van der Waals surface area contributed by atoms with Gasteiger partial charge in [-0.15, -0.1) is 0 Å². The number of nitrogens with zero attached hydrogens (tertiary/aromatic N) is 1. The van der Waals surface area contributed by atoms with E-state index in [0.717, 1.165) is 6.42 Å². The van der Waals surface area contributed by atoms with Crippen molar-refractivity contribution < 1.29 is 19.1 Å². The molecule has 1 rings (SSSR count). The Balaban J connectivity index is 2.30. The topological polar surface area (TPSA) is 67.9 Å². The molecule has 0 bridgehead atoms. The molecule has 1 atom stereocenters. The third-order valence-electron chi connectivity index (χ3n) is 3.10. The Hall–Kier alpha value is -1.14. The molecule has 0 aromatic carbocycles. The number of hydrogen-bond acceptors (Lipinski definition) is 4. The van der Waals surface area contributed by atoms with Crippen LogP contribution in [0, 0.1) is 0 Å². The first-order chi connectivity index (χ1) is 9.19. The summed E-state index contributed by atoms with van der Waals surface area (Å²) in [6.07, 6.45) is 1.84. The van der Waals surface area contributed by atoms with E-state index in [-0.39, 0.29) is 17.9 Å². The number of carbonyl (C=O) groups is 2. The summed E-state index contributed by atoms with van der Waals surface area (Å²) in [5.74, 6) is -0.0578. The fraction of sp³-hybridized carbons (Fsp3) is 0.846. The lowest BCUT2D eigenvalue weighted by molar-refractivity contribution is -0.134. The molecule has 1 heterocycles. The molecule has 1 saturated heterocycles. The first-order valence-corrected chi connectivity index (χ1v) is 6.83. The zero-order chi connectivity index (χ0) is 14.1. The summed E-state index contributed by atoms with van der Waals surface area (Å²) in [6.45, 7) is 4.72. The molecular weight excluding hydrogens is 248 g/mol. The van der Waals surface area contributed by atoms with Gasteiger partial charge in [0.25, 0.3) is 0 Å². The van der Waals surface area contributed by atoms with Gasteiger partial charge in [0.05, 0.1) is 6.61 Å². The molecule has 19 heavy (non-hydrogen) atoms. The normalized spacial score (nSPS) is 20.3. The molecule has 1 aliphatic heterocycles. The molecule has 2 amide bonds. The summed E-state index contributed by atoms with van der Waals surface area (Å²) in [4.78, 5) is 25.3. The monoisotopic (exact) mass is 272 g/mol. The highest BCUT2D eigenvalue weighted by Crippen LogP contribution is 2.06. The molecule has 1 unspecified atom stereocenters. The van der Waals surface area contributed by atoms with Gasteiger partial charge in [0.15, 0.2) is 0 Å². The summed E-state index contributed by atoms with van der Waals surface area (Å²) >= 11 is 0. The van der Waals surface area contributed by atoms with Gasteiger partial charge in [-0.3, -0.25) is 9.59 Å². The van der Waals surface area contributed by atoms with Crippen LogP contribution in [0.2, 0.25) is 0 Å². The number of hydrogen-bond donors (Lipinski definition) is 1. The Kier molecular flexibility index (Phi) is 7.43. The van der Waals surface area contributed by atoms with Gasteiger partial charge in [0.2, 0.25) is 11.8 Å². The maximum atomic E-state index is 12.1. The lowest BCUT2D eigenvalue weighted by atomic mass is 10.2. The molecule has 0 saturated carbocycles. The summed E-state index contributed by atoms with van der Waals surface area (Å²) in [6, 6.07) is -0.386. The highest BCUT2D eigenvalue weighted by Gasteiger charge is 2.27. The second-order valence-electron chi connectivity index (χ2n) is 4.56. The Morgan fingerprint density at radius 3 is 2.79 bits per heavy atom. The predicted octanol–water partition coefficient (Wildman–Crippen LogP) is 0.167. The number of methoxy groups -OCH3 is 1. The molecule has 0 aliphatic carbocycles. The van der Waals surface area contributed by atoms with Gasteiger partial charge in [-0.1, -0.05) is 6.92 Å². The molecule has 0 aromatic heterocycles. The minimum absolute atomic E-state index is 0.00570. The van der Waals surface area contributed by atoms with Crippen molar-refractivity contribution in [3.8, 4) is 0 Å². The van der Waals surface area contributed by atoms with Crippen LogP contribution in [0.5, 0.6) is 0 Å². The van der Waals surface area contributed by atoms with E-state index in [2.05, 4.69) is 5.32 Å². The molecule has 6 nitrogen and oxygen atoms in total. The van der Waals surface area contributed by atoms with Crippen LogP contribution in [-0.4, -0.2) is 62.8 Å². The van der Waals surface area contributed by atoms with Crippen molar-refractivity contribution in [1.82, 2.24) is 10.2 Å².